The molecule has 0 fully saturated rings. The molecule has 3 aromatic heterocycles. The lowest BCUT2D eigenvalue weighted by atomic mass is 9.99. The monoisotopic (exact) mass is 331 g/mol. The van der Waals surface area contributed by atoms with Crippen molar-refractivity contribution in [2.45, 2.75) is 5.92 Å². The lowest BCUT2D eigenvalue weighted by Gasteiger charge is -2.14. The minimum Gasteiger partial charge on any atom is -0.479 e. The predicted octanol–water partition coefficient (Wildman–Crippen LogP) is 2.65. The molecule has 120 valence electrons. The van der Waals surface area contributed by atoms with Gasteiger partial charge in [0.1, 0.15) is 11.3 Å². The molecule has 3 rings (SSSR count). The van der Waals surface area contributed by atoms with Gasteiger partial charge in [0.25, 0.3) is 5.91 Å². The third-order valence-electron chi connectivity index (χ3n) is 3.53. The first-order valence-electron chi connectivity index (χ1n) is 7.10. The van der Waals surface area contributed by atoms with Crippen LogP contribution in [0.25, 0.3) is 0 Å². The third-order valence-corrected chi connectivity index (χ3v) is 4.23. The molecule has 1 unspecified atom stereocenters. The van der Waals surface area contributed by atoms with Gasteiger partial charge in [-0.3, -0.25) is 9.48 Å². The van der Waals surface area contributed by atoms with Crippen LogP contribution in [0, 0.1) is 0 Å². The number of carbonyl (C=O) groups is 1. The highest BCUT2D eigenvalue weighted by molar-refractivity contribution is 7.08. The Hall–Kier alpha value is -2.54. The maximum atomic E-state index is 12.4. The molecule has 0 radical (unpaired) electrons. The summed E-state index contributed by atoms with van der Waals surface area (Å²) in [6.07, 6.45) is 3.28. The molecule has 0 saturated carbocycles. The normalized spacial score (nSPS) is 12.1. The van der Waals surface area contributed by atoms with Gasteiger partial charge in [0, 0.05) is 19.8 Å². The molecule has 1 atom stereocenters. The number of hydrogen-bond acceptors (Lipinski definition) is 5. The smallest absolute Gasteiger partial charge is 0.258 e. The van der Waals surface area contributed by atoms with Crippen LogP contribution in [0.1, 0.15) is 27.6 Å². The Morgan fingerprint density at radius 3 is 3.04 bits per heavy atom. The second-order valence-electron chi connectivity index (χ2n) is 5.06. The molecule has 0 aliphatic rings. The number of carbonyl (C=O) groups excluding carboxylic acids is 1. The van der Waals surface area contributed by atoms with Crippen LogP contribution in [0.2, 0.25) is 0 Å². The first-order chi connectivity index (χ1) is 11.2. The SMILES string of the molecule is COc1nn(C)cc1C(=O)NCC(c1ccsc1)c1ccco1. The maximum absolute atomic E-state index is 12.4. The highest BCUT2D eigenvalue weighted by Crippen LogP contribution is 2.26. The van der Waals surface area contributed by atoms with Crippen LogP contribution >= 0.6 is 11.3 Å². The molecule has 6 nitrogen and oxygen atoms in total. The second kappa shape index (κ2) is 6.70. The first-order valence-corrected chi connectivity index (χ1v) is 8.04. The molecule has 0 aliphatic heterocycles. The van der Waals surface area contributed by atoms with Gasteiger partial charge >= 0.3 is 0 Å². The molecule has 1 N–H and O–H groups in total. The molecule has 3 aromatic rings. The van der Waals surface area contributed by atoms with Gasteiger partial charge in [0.2, 0.25) is 5.88 Å². The van der Waals surface area contributed by atoms with Gasteiger partial charge in [-0.15, -0.1) is 5.10 Å². The fourth-order valence-electron chi connectivity index (χ4n) is 2.41. The molecule has 0 aliphatic carbocycles. The van der Waals surface area contributed by atoms with E-state index < -0.39 is 0 Å². The molecule has 7 heteroatoms. The van der Waals surface area contributed by atoms with E-state index in [9.17, 15) is 4.79 Å². The Kier molecular flexibility index (Phi) is 4.47. The zero-order chi connectivity index (χ0) is 16.2. The Morgan fingerprint density at radius 2 is 2.39 bits per heavy atom. The van der Waals surface area contributed by atoms with Gasteiger partial charge in [-0.25, -0.2) is 0 Å². The Labute approximate surface area is 137 Å². The molecule has 0 bridgehead atoms. The number of aryl methyl sites for hydroxylation is 1. The topological polar surface area (TPSA) is 69.3 Å². The van der Waals surface area contributed by atoms with Gasteiger partial charge < -0.3 is 14.5 Å². The van der Waals surface area contributed by atoms with Crippen LogP contribution < -0.4 is 10.1 Å². The molecular formula is C16H17N3O3S. The molecule has 23 heavy (non-hydrogen) atoms. The van der Waals surface area contributed by atoms with Crippen LogP contribution in [0.3, 0.4) is 0 Å². The van der Waals surface area contributed by atoms with Gasteiger partial charge in [-0.05, 0) is 34.5 Å². The minimum absolute atomic E-state index is 0.0251. The van der Waals surface area contributed by atoms with Crippen molar-refractivity contribution in [3.63, 3.8) is 0 Å². The molecular weight excluding hydrogens is 314 g/mol. The van der Waals surface area contributed by atoms with E-state index in [0.29, 0.717) is 18.0 Å². The van der Waals surface area contributed by atoms with Crippen molar-refractivity contribution in [1.29, 1.82) is 0 Å². The van der Waals surface area contributed by atoms with Crippen molar-refractivity contribution < 1.29 is 13.9 Å². The highest BCUT2D eigenvalue weighted by atomic mass is 32.1. The van der Waals surface area contributed by atoms with Crippen molar-refractivity contribution >= 4 is 17.2 Å². The van der Waals surface area contributed by atoms with Crippen LogP contribution in [0.4, 0.5) is 0 Å². The molecule has 0 spiro atoms. The average Bonchev–Trinajstić information content (AvgIpc) is 3.28. The number of ether oxygens (including phenoxy) is 1. The van der Waals surface area contributed by atoms with E-state index in [4.69, 9.17) is 9.15 Å². The number of rotatable bonds is 6. The fourth-order valence-corrected chi connectivity index (χ4v) is 3.12. The Bertz CT molecular complexity index is 728. The summed E-state index contributed by atoms with van der Waals surface area (Å²) in [5.41, 5.74) is 1.53. The van der Waals surface area contributed by atoms with Gasteiger partial charge in [-0.1, -0.05) is 0 Å². The standard InChI is InChI=1S/C16H17N3O3S/c1-19-9-13(16(18-19)21-2)15(20)17-8-12(11-5-7-23-10-11)14-4-3-6-22-14/h3-7,9-10,12H,8H2,1-2H3,(H,17,20). The summed E-state index contributed by atoms with van der Waals surface area (Å²) in [4.78, 5) is 12.4. The average molecular weight is 331 g/mol. The van der Waals surface area contributed by atoms with E-state index >= 15 is 0 Å². The van der Waals surface area contributed by atoms with Crippen molar-refractivity contribution in [2.24, 2.45) is 7.05 Å². The van der Waals surface area contributed by atoms with E-state index in [1.54, 1.807) is 35.5 Å². The zero-order valence-corrected chi connectivity index (χ0v) is 13.7. The number of amides is 1. The minimum atomic E-state index is -0.221. The predicted molar refractivity (Wildman–Crippen MR) is 87.0 cm³/mol. The number of nitrogens with zero attached hydrogens (tertiary/aromatic N) is 2. The quantitative estimate of drug-likeness (QED) is 0.754. The summed E-state index contributed by atoms with van der Waals surface area (Å²) >= 11 is 1.62. The molecule has 3 heterocycles. The second-order valence-corrected chi connectivity index (χ2v) is 5.84. The molecule has 1 amide bonds. The zero-order valence-electron chi connectivity index (χ0n) is 12.9. The summed E-state index contributed by atoms with van der Waals surface area (Å²) in [7, 11) is 3.24. The molecule has 0 aromatic carbocycles. The van der Waals surface area contributed by atoms with E-state index in [-0.39, 0.29) is 11.8 Å². The number of thiophene rings is 1. The number of aromatic nitrogens is 2. The summed E-state index contributed by atoms with van der Waals surface area (Å²) < 4.78 is 12.2. The summed E-state index contributed by atoms with van der Waals surface area (Å²) in [6, 6.07) is 5.80. The Balaban J connectivity index is 1.75. The van der Waals surface area contributed by atoms with Crippen molar-refractivity contribution in [1.82, 2.24) is 15.1 Å². The van der Waals surface area contributed by atoms with Crippen molar-refractivity contribution in [2.75, 3.05) is 13.7 Å². The third kappa shape index (κ3) is 3.29. The van der Waals surface area contributed by atoms with Crippen LogP contribution in [-0.2, 0) is 7.05 Å². The van der Waals surface area contributed by atoms with E-state index in [0.717, 1.165) is 11.3 Å². The number of furan rings is 1. The van der Waals surface area contributed by atoms with Crippen LogP contribution in [-0.4, -0.2) is 29.3 Å². The van der Waals surface area contributed by atoms with E-state index in [1.807, 2.05) is 23.6 Å². The molecule has 0 saturated heterocycles. The van der Waals surface area contributed by atoms with Crippen molar-refractivity contribution in [3.05, 3.63) is 58.3 Å². The first kappa shape index (κ1) is 15.4. The summed E-state index contributed by atoms with van der Waals surface area (Å²) in [5.74, 6) is 0.890. The highest BCUT2D eigenvalue weighted by Gasteiger charge is 2.21. The lowest BCUT2D eigenvalue weighted by molar-refractivity contribution is 0.0948. The summed E-state index contributed by atoms with van der Waals surface area (Å²) in [5, 5.41) is 11.1. The fraction of sp³-hybridized carbons (Fsp3) is 0.250. The van der Waals surface area contributed by atoms with Gasteiger partial charge in [0.05, 0.1) is 19.3 Å². The lowest BCUT2D eigenvalue weighted by Crippen LogP contribution is -2.28. The van der Waals surface area contributed by atoms with E-state index in [2.05, 4.69) is 15.8 Å². The number of methoxy groups -OCH3 is 1. The van der Waals surface area contributed by atoms with Crippen LogP contribution in [0.5, 0.6) is 5.88 Å². The maximum Gasteiger partial charge on any atom is 0.258 e. The number of hydrogen-bond donors (Lipinski definition) is 1. The largest absolute Gasteiger partial charge is 0.479 e. The van der Waals surface area contributed by atoms with E-state index in [1.165, 1.54) is 7.11 Å². The van der Waals surface area contributed by atoms with Gasteiger partial charge in [0.15, 0.2) is 0 Å². The Morgan fingerprint density at radius 1 is 1.52 bits per heavy atom. The number of nitrogens with one attached hydrogen (secondary N) is 1. The van der Waals surface area contributed by atoms with Crippen molar-refractivity contribution in [3.8, 4) is 5.88 Å². The summed E-state index contributed by atoms with van der Waals surface area (Å²) in [6.45, 7) is 0.432. The van der Waals surface area contributed by atoms with Crippen LogP contribution in [0.15, 0.2) is 45.8 Å². The van der Waals surface area contributed by atoms with Gasteiger partial charge in [-0.2, -0.15) is 11.3 Å².